The first-order valence-corrected chi connectivity index (χ1v) is 5.10. The molecule has 0 atom stereocenters. The highest BCUT2D eigenvalue weighted by Crippen LogP contribution is 2.21. The number of rotatable bonds is 0. The lowest BCUT2D eigenvalue weighted by Crippen LogP contribution is -1.83. The largest absolute Gasteiger partial charge is 0.507 e. The van der Waals surface area contributed by atoms with E-state index in [1.807, 2.05) is 42.5 Å². The Morgan fingerprint density at radius 1 is 0.938 bits per heavy atom. The summed E-state index contributed by atoms with van der Waals surface area (Å²) in [5.74, 6) is 0.442. The van der Waals surface area contributed by atoms with Gasteiger partial charge in [-0.1, -0.05) is 30.3 Å². The molecule has 0 bridgehead atoms. The highest BCUT2D eigenvalue weighted by Gasteiger charge is 2.00. The van der Waals surface area contributed by atoms with Crippen molar-refractivity contribution in [3.63, 3.8) is 0 Å². The summed E-state index contributed by atoms with van der Waals surface area (Å²) in [5.41, 5.74) is 0.956. The third-order valence-corrected chi connectivity index (χ3v) is 2.67. The predicted octanol–water partition coefficient (Wildman–Crippen LogP) is 3.43. The number of phenolic OH excluding ortho intramolecular Hbond substituents is 1. The van der Waals surface area contributed by atoms with Crippen molar-refractivity contribution in [2.45, 2.75) is 0 Å². The van der Waals surface area contributed by atoms with Gasteiger partial charge in [-0.25, -0.2) is 0 Å². The molecule has 2 aliphatic rings. The third kappa shape index (κ3) is 1.36. The maximum atomic E-state index is 8.69. The van der Waals surface area contributed by atoms with Crippen LogP contribution in [-0.4, -0.2) is 5.11 Å². The molecule has 0 fully saturated rings. The van der Waals surface area contributed by atoms with E-state index >= 15 is 0 Å². The predicted molar refractivity (Wildman–Crippen MR) is 62.0 cm³/mol. The topological polar surface area (TPSA) is 33.4 Å². The zero-order chi connectivity index (χ0) is 11.0. The highest BCUT2D eigenvalue weighted by molar-refractivity contribution is 5.76. The summed E-state index contributed by atoms with van der Waals surface area (Å²) in [6.07, 6.45) is 1.70. The van der Waals surface area contributed by atoms with Gasteiger partial charge in [-0.15, -0.1) is 0 Å². The van der Waals surface area contributed by atoms with Gasteiger partial charge in [0.15, 0.2) is 0 Å². The first-order valence-electron chi connectivity index (χ1n) is 5.10. The van der Waals surface area contributed by atoms with E-state index in [0.717, 1.165) is 16.2 Å². The first kappa shape index (κ1) is 9.04. The first-order chi connectivity index (χ1) is 7.84. The molecule has 2 aromatic rings. The van der Waals surface area contributed by atoms with E-state index in [2.05, 4.69) is 0 Å². The van der Waals surface area contributed by atoms with E-state index in [4.69, 9.17) is 9.52 Å². The molecule has 16 heavy (non-hydrogen) atoms. The standard InChI is InChI=1S/C8H6O.C6H4O/c1-2-4-8-7(3-1)5-6-9-8;7-6-3-4-1-2-5(4)6/h1-6H;1-3,7H. The molecule has 2 nitrogen and oxygen atoms in total. The fraction of sp³-hybridized carbons (Fsp3) is 0. The monoisotopic (exact) mass is 210 g/mol. The van der Waals surface area contributed by atoms with Gasteiger partial charge in [0.1, 0.15) is 11.3 Å². The fourth-order valence-electron chi connectivity index (χ4n) is 1.68. The third-order valence-electron chi connectivity index (χ3n) is 2.67. The van der Waals surface area contributed by atoms with E-state index in [9.17, 15) is 0 Å². The Kier molecular flexibility index (Phi) is 1.93. The van der Waals surface area contributed by atoms with Gasteiger partial charge in [0.05, 0.1) is 6.26 Å². The van der Waals surface area contributed by atoms with Crippen LogP contribution >= 0.6 is 0 Å². The fourth-order valence-corrected chi connectivity index (χ4v) is 1.68. The summed E-state index contributed by atoms with van der Waals surface area (Å²) in [7, 11) is 0. The van der Waals surface area contributed by atoms with Crippen molar-refractivity contribution < 1.29 is 9.52 Å². The van der Waals surface area contributed by atoms with Crippen LogP contribution in [0.1, 0.15) is 0 Å². The Labute approximate surface area is 92.1 Å². The van der Waals surface area contributed by atoms with Crippen LogP contribution in [-0.2, 0) is 0 Å². The van der Waals surface area contributed by atoms with Crippen LogP contribution in [0.15, 0.2) is 59.2 Å². The number of hydrogen-bond acceptors (Lipinski definition) is 2. The minimum absolute atomic E-state index is 0.442. The molecule has 0 amide bonds. The van der Waals surface area contributed by atoms with Gasteiger partial charge in [-0.2, -0.15) is 0 Å². The molecular weight excluding hydrogens is 200 g/mol. The van der Waals surface area contributed by atoms with Gasteiger partial charge in [-0.3, -0.25) is 0 Å². The van der Waals surface area contributed by atoms with E-state index in [-0.39, 0.29) is 0 Å². The summed E-state index contributed by atoms with van der Waals surface area (Å²) in [6.45, 7) is 0. The van der Waals surface area contributed by atoms with Gasteiger partial charge >= 0.3 is 0 Å². The number of fused-ring (bicyclic) bond motifs is 1. The number of phenols is 1. The van der Waals surface area contributed by atoms with Crippen molar-refractivity contribution in [1.29, 1.82) is 0 Å². The molecule has 1 aromatic heterocycles. The molecule has 1 aromatic carbocycles. The summed E-state index contributed by atoms with van der Waals surface area (Å²) in [6, 6.07) is 15.5. The van der Waals surface area contributed by atoms with Gasteiger partial charge in [-0.05, 0) is 23.4 Å². The van der Waals surface area contributed by atoms with Crippen LogP contribution in [0.5, 0.6) is 5.75 Å². The van der Waals surface area contributed by atoms with Crippen molar-refractivity contribution in [3.05, 3.63) is 65.2 Å². The molecule has 1 heterocycles. The Hall–Kier alpha value is -2.22. The SMILES string of the molecule is Oc1cc2ccc1=2.c1ccc2occc2c1. The molecule has 0 aliphatic heterocycles. The Morgan fingerprint density at radius 2 is 1.81 bits per heavy atom. The van der Waals surface area contributed by atoms with Crippen molar-refractivity contribution >= 4 is 11.0 Å². The van der Waals surface area contributed by atoms with Crippen LogP contribution in [0.4, 0.5) is 0 Å². The number of hydrogen-bond donors (Lipinski definition) is 1. The van der Waals surface area contributed by atoms with E-state index in [1.54, 1.807) is 12.3 Å². The molecule has 2 heteroatoms. The summed E-state index contributed by atoms with van der Waals surface area (Å²) in [5, 5.41) is 12.1. The minimum Gasteiger partial charge on any atom is -0.507 e. The molecule has 4 rings (SSSR count). The van der Waals surface area contributed by atoms with Gasteiger partial charge in [0.25, 0.3) is 0 Å². The average molecular weight is 210 g/mol. The summed E-state index contributed by atoms with van der Waals surface area (Å²) in [4.78, 5) is 0. The highest BCUT2D eigenvalue weighted by atomic mass is 16.3. The lowest BCUT2D eigenvalue weighted by molar-refractivity contribution is 0.465. The second kappa shape index (κ2) is 3.42. The van der Waals surface area contributed by atoms with Crippen molar-refractivity contribution in [1.82, 2.24) is 0 Å². The quantitative estimate of drug-likeness (QED) is 0.482. The molecule has 2 aliphatic carbocycles. The Morgan fingerprint density at radius 3 is 2.31 bits per heavy atom. The number of furan rings is 1. The van der Waals surface area contributed by atoms with Gasteiger partial charge in [0, 0.05) is 10.6 Å². The lowest BCUT2D eigenvalue weighted by Gasteiger charge is -2.02. The molecule has 0 saturated heterocycles. The molecule has 78 valence electrons. The summed E-state index contributed by atoms with van der Waals surface area (Å²) >= 11 is 0. The van der Waals surface area contributed by atoms with Crippen LogP contribution < -0.4 is 0 Å². The van der Waals surface area contributed by atoms with E-state index in [0.29, 0.717) is 5.75 Å². The second-order valence-electron chi connectivity index (χ2n) is 3.69. The van der Waals surface area contributed by atoms with Crippen molar-refractivity contribution in [2.75, 3.05) is 0 Å². The van der Waals surface area contributed by atoms with Crippen molar-refractivity contribution in [3.8, 4) is 5.75 Å². The summed E-state index contributed by atoms with van der Waals surface area (Å²) < 4.78 is 5.12. The average Bonchev–Trinajstić information content (AvgIpc) is 2.74. The van der Waals surface area contributed by atoms with Gasteiger partial charge < -0.3 is 9.52 Å². The maximum Gasteiger partial charge on any atom is 0.133 e. The minimum atomic E-state index is 0.442. The van der Waals surface area contributed by atoms with Crippen LogP contribution in [0, 0.1) is 10.4 Å². The van der Waals surface area contributed by atoms with Crippen LogP contribution in [0.2, 0.25) is 0 Å². The number of para-hydroxylation sites is 1. The van der Waals surface area contributed by atoms with Crippen LogP contribution in [0.3, 0.4) is 0 Å². The van der Waals surface area contributed by atoms with Crippen molar-refractivity contribution in [2.24, 2.45) is 0 Å². The second-order valence-corrected chi connectivity index (χ2v) is 3.69. The number of aromatic hydroxyl groups is 1. The molecule has 1 N–H and O–H groups in total. The van der Waals surface area contributed by atoms with E-state index in [1.165, 1.54) is 5.22 Å². The Bertz CT molecular complexity index is 696. The molecule has 0 unspecified atom stereocenters. The Balaban J connectivity index is 0.000000104. The normalized spacial score (nSPS) is 10.8. The maximum absolute atomic E-state index is 8.69. The van der Waals surface area contributed by atoms with E-state index < -0.39 is 0 Å². The number of benzene rings is 2. The zero-order valence-corrected chi connectivity index (χ0v) is 8.55. The lowest BCUT2D eigenvalue weighted by atomic mass is 10.1. The molecule has 0 saturated carbocycles. The zero-order valence-electron chi connectivity index (χ0n) is 8.55. The van der Waals surface area contributed by atoms with Crippen LogP contribution in [0.25, 0.3) is 11.0 Å². The van der Waals surface area contributed by atoms with Gasteiger partial charge in [0.2, 0.25) is 0 Å². The molecule has 0 spiro atoms. The molecular formula is C14H10O2. The smallest absolute Gasteiger partial charge is 0.133 e. The molecule has 0 radical (unpaired) electrons.